The van der Waals surface area contributed by atoms with E-state index in [1.165, 1.54) is 6.92 Å². The largest absolute Gasteiger partial charge is 0.348 e. The number of hydrogen-bond donors (Lipinski definition) is 3. The minimum absolute atomic E-state index is 0.213. The zero-order chi connectivity index (χ0) is 18.5. The summed E-state index contributed by atoms with van der Waals surface area (Å²) < 4.78 is 0. The topological polar surface area (TPSA) is 130 Å². The normalized spacial score (nSPS) is 11.9. The third-order valence-electron chi connectivity index (χ3n) is 3.99. The molecular formula is C17H18N6O3. The molecule has 3 aromatic rings. The summed E-state index contributed by atoms with van der Waals surface area (Å²) in [7, 11) is 0. The standard InChI is InChI=1S/C17H18N6O3/c1-11-16(23(25)26)15(22-21-11)17(24)20-13(8-14-9-18-10-19-14)7-12-5-3-2-4-6-12/h2-6,9-10,13H,7-8H2,1H3,(H,18,19)(H,20,24)(H,21,22). The van der Waals surface area contributed by atoms with E-state index < -0.39 is 10.8 Å². The van der Waals surface area contributed by atoms with E-state index in [0.717, 1.165) is 11.3 Å². The lowest BCUT2D eigenvalue weighted by molar-refractivity contribution is -0.385. The first-order valence-electron chi connectivity index (χ1n) is 8.06. The summed E-state index contributed by atoms with van der Waals surface area (Å²) in [5.74, 6) is -0.582. The molecule has 2 aromatic heterocycles. The molecule has 0 aliphatic rings. The molecule has 0 saturated carbocycles. The number of H-pyrrole nitrogens is 2. The van der Waals surface area contributed by atoms with E-state index in [-0.39, 0.29) is 23.1 Å². The predicted octanol–water partition coefficient (Wildman–Crippen LogP) is 1.93. The van der Waals surface area contributed by atoms with Crippen LogP contribution in [0.1, 0.15) is 27.4 Å². The second-order valence-corrected chi connectivity index (χ2v) is 5.94. The highest BCUT2D eigenvalue weighted by Gasteiger charge is 2.28. The highest BCUT2D eigenvalue weighted by Crippen LogP contribution is 2.20. The van der Waals surface area contributed by atoms with E-state index in [4.69, 9.17) is 0 Å². The van der Waals surface area contributed by atoms with Gasteiger partial charge in [0, 0.05) is 24.4 Å². The molecule has 0 fully saturated rings. The fraction of sp³-hybridized carbons (Fsp3) is 0.235. The Morgan fingerprint density at radius 1 is 1.31 bits per heavy atom. The Labute approximate surface area is 149 Å². The van der Waals surface area contributed by atoms with Crippen molar-refractivity contribution >= 4 is 11.6 Å². The van der Waals surface area contributed by atoms with Gasteiger partial charge >= 0.3 is 5.69 Å². The van der Waals surface area contributed by atoms with Gasteiger partial charge in [-0.25, -0.2) is 4.98 Å². The molecule has 1 aromatic carbocycles. The minimum Gasteiger partial charge on any atom is -0.348 e. The van der Waals surface area contributed by atoms with Crippen LogP contribution in [0.3, 0.4) is 0 Å². The van der Waals surface area contributed by atoms with Crippen LogP contribution in [-0.2, 0) is 12.8 Å². The monoisotopic (exact) mass is 354 g/mol. The quantitative estimate of drug-likeness (QED) is 0.441. The number of rotatable bonds is 7. The summed E-state index contributed by atoms with van der Waals surface area (Å²) in [6.45, 7) is 1.51. The van der Waals surface area contributed by atoms with Gasteiger partial charge in [0.2, 0.25) is 5.69 Å². The number of carbonyl (C=O) groups is 1. The molecule has 0 aliphatic carbocycles. The Balaban J connectivity index is 1.80. The van der Waals surface area contributed by atoms with E-state index >= 15 is 0 Å². The number of nitro groups is 1. The molecule has 0 saturated heterocycles. The van der Waals surface area contributed by atoms with Gasteiger partial charge < -0.3 is 10.3 Å². The van der Waals surface area contributed by atoms with E-state index in [1.54, 1.807) is 12.5 Å². The fourth-order valence-electron chi connectivity index (χ4n) is 2.79. The van der Waals surface area contributed by atoms with Crippen LogP contribution >= 0.6 is 0 Å². The van der Waals surface area contributed by atoms with E-state index in [2.05, 4.69) is 25.5 Å². The summed E-state index contributed by atoms with van der Waals surface area (Å²) in [5, 5.41) is 20.3. The molecule has 2 heterocycles. The van der Waals surface area contributed by atoms with Gasteiger partial charge in [0.1, 0.15) is 5.69 Å². The molecule has 3 rings (SSSR count). The van der Waals surface area contributed by atoms with Crippen molar-refractivity contribution in [2.75, 3.05) is 0 Å². The maximum atomic E-state index is 12.6. The van der Waals surface area contributed by atoms with Crippen molar-refractivity contribution in [3.05, 3.63) is 75.6 Å². The first-order valence-corrected chi connectivity index (χ1v) is 8.06. The highest BCUT2D eigenvalue weighted by molar-refractivity contribution is 5.96. The molecule has 0 aliphatic heterocycles. The molecule has 134 valence electrons. The summed E-state index contributed by atoms with van der Waals surface area (Å²) in [5.41, 5.74) is 1.63. The first-order chi connectivity index (χ1) is 12.5. The maximum Gasteiger partial charge on any atom is 0.322 e. The lowest BCUT2D eigenvalue weighted by atomic mass is 10.0. The zero-order valence-corrected chi connectivity index (χ0v) is 14.1. The van der Waals surface area contributed by atoms with Gasteiger partial charge in [-0.3, -0.25) is 20.0 Å². The van der Waals surface area contributed by atoms with Crippen LogP contribution in [0.2, 0.25) is 0 Å². The molecule has 26 heavy (non-hydrogen) atoms. The Kier molecular flexibility index (Phi) is 5.07. The Bertz CT molecular complexity index is 889. The van der Waals surface area contributed by atoms with Gasteiger partial charge in [0.15, 0.2) is 0 Å². The smallest absolute Gasteiger partial charge is 0.322 e. The number of imidazole rings is 1. The van der Waals surface area contributed by atoms with Crippen LogP contribution in [0.5, 0.6) is 0 Å². The van der Waals surface area contributed by atoms with E-state index in [9.17, 15) is 14.9 Å². The summed E-state index contributed by atoms with van der Waals surface area (Å²) in [4.78, 5) is 30.2. The van der Waals surface area contributed by atoms with Crippen molar-refractivity contribution in [1.82, 2.24) is 25.5 Å². The third-order valence-corrected chi connectivity index (χ3v) is 3.99. The van der Waals surface area contributed by atoms with E-state index in [1.807, 2.05) is 30.3 Å². The second-order valence-electron chi connectivity index (χ2n) is 5.94. The molecular weight excluding hydrogens is 336 g/mol. The fourth-order valence-corrected chi connectivity index (χ4v) is 2.79. The molecule has 3 N–H and O–H groups in total. The Morgan fingerprint density at radius 2 is 2.08 bits per heavy atom. The molecule has 1 atom stereocenters. The molecule has 0 radical (unpaired) electrons. The van der Waals surface area contributed by atoms with Crippen molar-refractivity contribution in [1.29, 1.82) is 0 Å². The molecule has 0 spiro atoms. The molecule has 1 unspecified atom stereocenters. The predicted molar refractivity (Wildman–Crippen MR) is 93.7 cm³/mol. The third kappa shape index (κ3) is 3.94. The van der Waals surface area contributed by atoms with Crippen LogP contribution < -0.4 is 5.32 Å². The van der Waals surface area contributed by atoms with Crippen molar-refractivity contribution in [3.8, 4) is 0 Å². The van der Waals surface area contributed by atoms with Crippen LogP contribution in [0.15, 0.2) is 42.9 Å². The first kappa shape index (κ1) is 17.3. The maximum absolute atomic E-state index is 12.6. The van der Waals surface area contributed by atoms with Crippen LogP contribution in [0.25, 0.3) is 0 Å². The molecule has 1 amide bonds. The van der Waals surface area contributed by atoms with Gasteiger partial charge in [0.05, 0.1) is 11.3 Å². The van der Waals surface area contributed by atoms with Gasteiger partial charge in [0.25, 0.3) is 5.91 Å². The van der Waals surface area contributed by atoms with Gasteiger partial charge in [-0.05, 0) is 18.9 Å². The van der Waals surface area contributed by atoms with Crippen LogP contribution in [0.4, 0.5) is 5.69 Å². The number of nitrogens with one attached hydrogen (secondary N) is 3. The van der Waals surface area contributed by atoms with Crippen molar-refractivity contribution in [2.45, 2.75) is 25.8 Å². The summed E-state index contributed by atoms with van der Waals surface area (Å²) in [6, 6.07) is 9.42. The number of hydrogen-bond acceptors (Lipinski definition) is 5. The number of nitrogens with zero attached hydrogens (tertiary/aromatic N) is 3. The average Bonchev–Trinajstić information content (AvgIpc) is 3.25. The lowest BCUT2D eigenvalue weighted by Gasteiger charge is -2.17. The van der Waals surface area contributed by atoms with Crippen LogP contribution in [0, 0.1) is 17.0 Å². The Morgan fingerprint density at radius 3 is 2.73 bits per heavy atom. The molecule has 0 bridgehead atoms. The average molecular weight is 354 g/mol. The second kappa shape index (κ2) is 7.60. The summed E-state index contributed by atoms with van der Waals surface area (Å²) >= 11 is 0. The summed E-state index contributed by atoms with van der Waals surface area (Å²) in [6.07, 6.45) is 4.34. The van der Waals surface area contributed by atoms with Gasteiger partial charge in [-0.15, -0.1) is 0 Å². The number of amides is 1. The van der Waals surface area contributed by atoms with Crippen LogP contribution in [-0.4, -0.2) is 37.0 Å². The number of aromatic amines is 2. The number of benzene rings is 1. The molecule has 9 nitrogen and oxygen atoms in total. The minimum atomic E-state index is -0.602. The number of aromatic nitrogens is 4. The van der Waals surface area contributed by atoms with Gasteiger partial charge in [-0.2, -0.15) is 5.10 Å². The lowest BCUT2D eigenvalue weighted by Crippen LogP contribution is -2.38. The SMILES string of the molecule is Cc1[nH]nc(C(=O)NC(Cc2ccccc2)Cc2cnc[nH]2)c1[N+](=O)[O-]. The van der Waals surface area contributed by atoms with Crippen molar-refractivity contribution in [3.63, 3.8) is 0 Å². The van der Waals surface area contributed by atoms with Gasteiger partial charge in [-0.1, -0.05) is 30.3 Å². The zero-order valence-electron chi connectivity index (χ0n) is 14.1. The van der Waals surface area contributed by atoms with E-state index in [0.29, 0.717) is 12.8 Å². The number of carbonyl (C=O) groups excluding carboxylic acids is 1. The highest BCUT2D eigenvalue weighted by atomic mass is 16.6. The molecule has 9 heteroatoms. The van der Waals surface area contributed by atoms with Crippen molar-refractivity contribution < 1.29 is 9.72 Å². The Hall–Kier alpha value is -3.49. The van der Waals surface area contributed by atoms with Crippen molar-refractivity contribution in [2.24, 2.45) is 0 Å². The number of aryl methyl sites for hydroxylation is 1.